The van der Waals surface area contributed by atoms with Crippen LogP contribution in [0.5, 0.6) is 5.75 Å². The second-order valence-electron chi connectivity index (χ2n) is 6.78. The largest absolute Gasteiger partial charge is 0.493 e. The molecule has 2 atom stereocenters. The number of hydrogen-bond donors (Lipinski definition) is 1. The normalized spacial score (nSPS) is 20.9. The molecule has 0 saturated carbocycles. The molecule has 2 unspecified atom stereocenters. The maximum atomic E-state index is 10.3. The van der Waals surface area contributed by atoms with Crippen molar-refractivity contribution in [3.63, 3.8) is 0 Å². The van der Waals surface area contributed by atoms with E-state index in [9.17, 15) is 5.11 Å². The van der Waals surface area contributed by atoms with E-state index in [2.05, 4.69) is 29.4 Å². The van der Waals surface area contributed by atoms with Gasteiger partial charge in [0, 0.05) is 35.5 Å². The molecule has 0 radical (unpaired) electrons. The van der Waals surface area contributed by atoms with Crippen LogP contribution in [0, 0.1) is 5.92 Å². The van der Waals surface area contributed by atoms with Gasteiger partial charge in [0.15, 0.2) is 0 Å². The molecule has 2 aromatic carbocycles. The van der Waals surface area contributed by atoms with Crippen molar-refractivity contribution in [2.45, 2.75) is 23.8 Å². The molecule has 0 spiro atoms. The van der Waals surface area contributed by atoms with Crippen LogP contribution in [-0.4, -0.2) is 48.6 Å². The molecule has 3 nitrogen and oxygen atoms in total. The summed E-state index contributed by atoms with van der Waals surface area (Å²) in [5, 5.41) is 11.1. The molecule has 3 rings (SSSR count). The molecule has 26 heavy (non-hydrogen) atoms. The molecule has 0 bridgehead atoms. The van der Waals surface area contributed by atoms with Crippen LogP contribution in [0.1, 0.15) is 12.0 Å². The third kappa shape index (κ3) is 5.65. The smallest absolute Gasteiger partial charge is 0.119 e. The number of nitrogens with zero attached hydrogens (tertiary/aromatic N) is 1. The highest BCUT2D eigenvalue weighted by Crippen LogP contribution is 2.22. The van der Waals surface area contributed by atoms with Crippen molar-refractivity contribution in [2.24, 2.45) is 5.92 Å². The number of thioether (sulfide) groups is 1. The summed E-state index contributed by atoms with van der Waals surface area (Å²) in [5.41, 5.74) is 1.25. The van der Waals surface area contributed by atoms with E-state index in [1.54, 1.807) is 11.8 Å². The fourth-order valence-corrected chi connectivity index (χ4v) is 3.94. The van der Waals surface area contributed by atoms with E-state index >= 15 is 0 Å². The monoisotopic (exact) mass is 391 g/mol. The highest BCUT2D eigenvalue weighted by molar-refractivity contribution is 7.98. The molecule has 1 saturated heterocycles. The molecule has 0 aliphatic carbocycles. The molecule has 2 aromatic rings. The third-order valence-electron chi connectivity index (χ3n) is 4.91. The van der Waals surface area contributed by atoms with Gasteiger partial charge in [0.1, 0.15) is 5.75 Å². The van der Waals surface area contributed by atoms with Gasteiger partial charge in [0.05, 0.1) is 12.7 Å². The molecule has 1 aliphatic heterocycles. The van der Waals surface area contributed by atoms with Gasteiger partial charge in [-0.05, 0) is 61.1 Å². The molecule has 1 aliphatic rings. The Hall–Kier alpha value is -1.20. The molecule has 140 valence electrons. The minimum Gasteiger partial charge on any atom is -0.493 e. The standard InChI is InChI=1S/C21H26ClNO2S/c1-26-20-7-5-19(6-8-20)25-15-17-14-23(12-10-21(17)24)11-9-16-3-2-4-18(22)13-16/h2-8,13,17,21,24H,9-12,14-15H2,1H3. The quantitative estimate of drug-likeness (QED) is 0.710. The van der Waals surface area contributed by atoms with Crippen molar-refractivity contribution in [3.8, 4) is 5.75 Å². The predicted molar refractivity (Wildman–Crippen MR) is 109 cm³/mol. The average Bonchev–Trinajstić information content (AvgIpc) is 2.67. The van der Waals surface area contributed by atoms with Gasteiger partial charge in [-0.3, -0.25) is 0 Å². The third-order valence-corrected chi connectivity index (χ3v) is 5.89. The number of hydrogen-bond acceptors (Lipinski definition) is 4. The summed E-state index contributed by atoms with van der Waals surface area (Å²) in [5.74, 6) is 1.01. The van der Waals surface area contributed by atoms with Gasteiger partial charge in [0.2, 0.25) is 0 Å². The fraction of sp³-hybridized carbons (Fsp3) is 0.429. The molecular weight excluding hydrogens is 366 g/mol. The topological polar surface area (TPSA) is 32.7 Å². The highest BCUT2D eigenvalue weighted by atomic mass is 35.5. The number of halogens is 1. The first-order valence-electron chi connectivity index (χ1n) is 9.06. The van der Waals surface area contributed by atoms with Crippen molar-refractivity contribution < 1.29 is 9.84 Å². The molecular formula is C21H26ClNO2S. The van der Waals surface area contributed by atoms with Gasteiger partial charge in [-0.25, -0.2) is 0 Å². The lowest BCUT2D eigenvalue weighted by atomic mass is 9.95. The lowest BCUT2D eigenvalue weighted by Gasteiger charge is -2.36. The van der Waals surface area contributed by atoms with Crippen LogP contribution in [0.15, 0.2) is 53.4 Å². The zero-order chi connectivity index (χ0) is 18.4. The first-order chi connectivity index (χ1) is 12.6. The number of aliphatic hydroxyl groups is 1. The van der Waals surface area contributed by atoms with Crippen molar-refractivity contribution in [1.82, 2.24) is 4.90 Å². The first-order valence-corrected chi connectivity index (χ1v) is 10.7. The van der Waals surface area contributed by atoms with Crippen LogP contribution >= 0.6 is 23.4 Å². The summed E-state index contributed by atoms with van der Waals surface area (Å²) in [6, 6.07) is 16.2. The van der Waals surface area contributed by atoms with Crippen LogP contribution in [0.4, 0.5) is 0 Å². The van der Waals surface area contributed by atoms with Crippen LogP contribution in [0.25, 0.3) is 0 Å². The van der Waals surface area contributed by atoms with E-state index in [0.29, 0.717) is 6.61 Å². The van der Waals surface area contributed by atoms with Crippen LogP contribution < -0.4 is 4.74 Å². The predicted octanol–water partition coefficient (Wildman–Crippen LogP) is 4.37. The molecule has 1 N–H and O–H groups in total. The van der Waals surface area contributed by atoms with Crippen molar-refractivity contribution >= 4 is 23.4 Å². The summed E-state index contributed by atoms with van der Waals surface area (Å²) in [6.07, 6.45) is 3.55. The minimum absolute atomic E-state index is 0.142. The Kier molecular flexibility index (Phi) is 7.26. The second kappa shape index (κ2) is 9.65. The summed E-state index contributed by atoms with van der Waals surface area (Å²) < 4.78 is 5.93. The van der Waals surface area contributed by atoms with Crippen LogP contribution in [-0.2, 0) is 6.42 Å². The zero-order valence-corrected chi connectivity index (χ0v) is 16.7. The van der Waals surface area contributed by atoms with E-state index in [1.165, 1.54) is 10.5 Å². The maximum Gasteiger partial charge on any atom is 0.119 e. The number of likely N-dealkylation sites (tertiary alicyclic amines) is 1. The molecule has 5 heteroatoms. The van der Waals surface area contributed by atoms with Crippen molar-refractivity contribution in [3.05, 3.63) is 59.1 Å². The fourth-order valence-electron chi connectivity index (χ4n) is 3.32. The lowest BCUT2D eigenvalue weighted by molar-refractivity contribution is 0.00592. The second-order valence-corrected chi connectivity index (χ2v) is 8.10. The average molecular weight is 392 g/mol. The van der Waals surface area contributed by atoms with E-state index < -0.39 is 0 Å². The summed E-state index contributed by atoms with van der Waals surface area (Å²) in [4.78, 5) is 3.64. The molecule has 0 amide bonds. The maximum absolute atomic E-state index is 10.3. The molecule has 0 aromatic heterocycles. The number of benzene rings is 2. The first kappa shape index (κ1) is 19.6. The van der Waals surface area contributed by atoms with Gasteiger partial charge in [-0.15, -0.1) is 11.8 Å². The van der Waals surface area contributed by atoms with Crippen molar-refractivity contribution in [2.75, 3.05) is 32.5 Å². The summed E-state index contributed by atoms with van der Waals surface area (Å²) in [6.45, 7) is 3.32. The lowest BCUT2D eigenvalue weighted by Crippen LogP contribution is -2.46. The number of rotatable bonds is 7. The number of piperidine rings is 1. The Balaban J connectivity index is 1.49. The Morgan fingerprint density at radius 3 is 2.77 bits per heavy atom. The Morgan fingerprint density at radius 2 is 2.04 bits per heavy atom. The number of aliphatic hydroxyl groups excluding tert-OH is 1. The minimum atomic E-state index is -0.289. The van der Waals surface area contributed by atoms with Gasteiger partial charge in [-0.2, -0.15) is 0 Å². The van der Waals surface area contributed by atoms with E-state index in [4.69, 9.17) is 16.3 Å². The Labute approximate surface area is 165 Å². The van der Waals surface area contributed by atoms with Crippen LogP contribution in [0.2, 0.25) is 5.02 Å². The SMILES string of the molecule is CSc1ccc(OCC2CN(CCc3cccc(Cl)c3)CCC2O)cc1. The summed E-state index contributed by atoms with van der Waals surface area (Å²) in [7, 11) is 0. The zero-order valence-electron chi connectivity index (χ0n) is 15.1. The Morgan fingerprint density at radius 1 is 1.23 bits per heavy atom. The van der Waals surface area contributed by atoms with E-state index in [0.717, 1.165) is 43.2 Å². The highest BCUT2D eigenvalue weighted by Gasteiger charge is 2.28. The molecule has 1 heterocycles. The van der Waals surface area contributed by atoms with Gasteiger partial charge in [-0.1, -0.05) is 23.7 Å². The van der Waals surface area contributed by atoms with Crippen molar-refractivity contribution in [1.29, 1.82) is 0 Å². The van der Waals surface area contributed by atoms with Crippen LogP contribution in [0.3, 0.4) is 0 Å². The van der Waals surface area contributed by atoms with Gasteiger partial charge in [0.25, 0.3) is 0 Å². The molecule has 1 fully saturated rings. The number of ether oxygens (including phenoxy) is 1. The van der Waals surface area contributed by atoms with Gasteiger partial charge >= 0.3 is 0 Å². The van der Waals surface area contributed by atoms with E-state index in [-0.39, 0.29) is 12.0 Å². The Bertz CT molecular complexity index is 695. The van der Waals surface area contributed by atoms with E-state index in [1.807, 2.05) is 30.3 Å². The van der Waals surface area contributed by atoms with Gasteiger partial charge < -0.3 is 14.7 Å². The summed E-state index contributed by atoms with van der Waals surface area (Å²) >= 11 is 7.78.